The summed E-state index contributed by atoms with van der Waals surface area (Å²) in [7, 11) is 0. The molecule has 0 amide bonds. The number of pyridine rings is 1. The molecule has 0 spiro atoms. The first-order valence-corrected chi connectivity index (χ1v) is 11.2. The molecule has 1 aromatic carbocycles. The van der Waals surface area contributed by atoms with E-state index in [4.69, 9.17) is 5.11 Å². The van der Waals surface area contributed by atoms with E-state index in [2.05, 4.69) is 16.8 Å². The van der Waals surface area contributed by atoms with Gasteiger partial charge in [0.05, 0.1) is 11.5 Å². The van der Waals surface area contributed by atoms with Crippen molar-refractivity contribution in [3.05, 3.63) is 64.5 Å². The second-order valence-corrected chi connectivity index (χ2v) is 8.86. The Morgan fingerprint density at radius 1 is 1.06 bits per heavy atom. The van der Waals surface area contributed by atoms with Gasteiger partial charge >= 0.3 is 12.1 Å². The Morgan fingerprint density at radius 3 is 2.41 bits per heavy atom. The van der Waals surface area contributed by atoms with E-state index in [1.165, 1.54) is 24.3 Å². The molecule has 1 N–H and O–H groups in total. The molecule has 0 bridgehead atoms. The number of hydrogen-bond acceptors (Lipinski definition) is 2. The van der Waals surface area contributed by atoms with E-state index < -0.39 is 23.6 Å². The highest BCUT2D eigenvalue weighted by atomic mass is 19.4. The van der Waals surface area contributed by atoms with Crippen LogP contribution in [0.2, 0.25) is 0 Å². The SMILES string of the molecule is Cc1cc(C(F)(F)CCC2CCC(C(=O)O)CC2)cc(C#CCc2cccc(C(F)(F)F)c2)n1. The van der Waals surface area contributed by atoms with Crippen molar-refractivity contribution >= 4 is 5.97 Å². The van der Waals surface area contributed by atoms with Crippen LogP contribution in [0, 0.1) is 30.6 Å². The molecule has 34 heavy (non-hydrogen) atoms. The minimum atomic E-state index is -4.45. The molecule has 2 aromatic rings. The van der Waals surface area contributed by atoms with Gasteiger partial charge in [0.15, 0.2) is 0 Å². The molecule has 1 aliphatic carbocycles. The van der Waals surface area contributed by atoms with Gasteiger partial charge in [-0.25, -0.2) is 13.8 Å². The van der Waals surface area contributed by atoms with E-state index in [9.17, 15) is 26.7 Å². The highest BCUT2D eigenvalue weighted by Crippen LogP contribution is 2.38. The number of alkyl halides is 5. The normalized spacial score (nSPS) is 18.8. The van der Waals surface area contributed by atoms with Crippen LogP contribution in [0.1, 0.15) is 66.6 Å². The lowest BCUT2D eigenvalue weighted by Gasteiger charge is -2.27. The lowest BCUT2D eigenvalue weighted by Crippen LogP contribution is -2.23. The van der Waals surface area contributed by atoms with Gasteiger partial charge in [-0.1, -0.05) is 24.1 Å². The number of aliphatic carboxylic acids is 1. The predicted molar refractivity (Wildman–Crippen MR) is 117 cm³/mol. The molecule has 1 fully saturated rings. The molecular formula is C26H26F5NO2. The van der Waals surface area contributed by atoms with Crippen molar-refractivity contribution in [2.75, 3.05) is 0 Å². The molecule has 182 valence electrons. The fourth-order valence-corrected chi connectivity index (χ4v) is 4.27. The van der Waals surface area contributed by atoms with Gasteiger partial charge in [0.1, 0.15) is 5.69 Å². The van der Waals surface area contributed by atoms with Gasteiger partial charge in [-0.3, -0.25) is 4.79 Å². The van der Waals surface area contributed by atoms with Crippen LogP contribution in [-0.2, 0) is 23.3 Å². The second kappa shape index (κ2) is 10.5. The van der Waals surface area contributed by atoms with Gasteiger partial charge in [0.2, 0.25) is 0 Å². The molecule has 0 saturated heterocycles. The number of halogens is 5. The monoisotopic (exact) mass is 479 g/mol. The van der Waals surface area contributed by atoms with Crippen LogP contribution < -0.4 is 0 Å². The Hall–Kier alpha value is -2.95. The molecule has 1 aliphatic rings. The highest BCUT2D eigenvalue weighted by Gasteiger charge is 2.34. The Kier molecular flexibility index (Phi) is 7.96. The van der Waals surface area contributed by atoms with Crippen molar-refractivity contribution in [1.29, 1.82) is 0 Å². The van der Waals surface area contributed by atoms with Crippen LogP contribution in [0.15, 0.2) is 36.4 Å². The van der Waals surface area contributed by atoms with Crippen molar-refractivity contribution in [2.45, 2.75) is 64.0 Å². The maximum Gasteiger partial charge on any atom is 0.416 e. The van der Waals surface area contributed by atoms with Gasteiger partial charge in [0.25, 0.3) is 5.92 Å². The molecule has 1 saturated carbocycles. The van der Waals surface area contributed by atoms with Gasteiger partial charge in [-0.15, -0.1) is 0 Å². The van der Waals surface area contributed by atoms with Crippen molar-refractivity contribution < 1.29 is 31.9 Å². The van der Waals surface area contributed by atoms with Crippen LogP contribution in [0.25, 0.3) is 0 Å². The summed E-state index contributed by atoms with van der Waals surface area (Å²) in [6.07, 6.45) is -2.16. The quantitative estimate of drug-likeness (QED) is 0.368. The average Bonchev–Trinajstić information content (AvgIpc) is 2.77. The van der Waals surface area contributed by atoms with Crippen LogP contribution in [0.4, 0.5) is 22.0 Å². The van der Waals surface area contributed by atoms with Crippen molar-refractivity contribution in [3.8, 4) is 11.8 Å². The summed E-state index contributed by atoms with van der Waals surface area (Å²) in [5.41, 5.74) is -0.0641. The van der Waals surface area contributed by atoms with E-state index in [1.54, 1.807) is 6.92 Å². The number of aromatic nitrogens is 1. The summed E-state index contributed by atoms with van der Waals surface area (Å²) >= 11 is 0. The van der Waals surface area contributed by atoms with Crippen molar-refractivity contribution in [3.63, 3.8) is 0 Å². The van der Waals surface area contributed by atoms with E-state index in [-0.39, 0.29) is 35.9 Å². The van der Waals surface area contributed by atoms with Gasteiger partial charge in [0, 0.05) is 24.1 Å². The summed E-state index contributed by atoms with van der Waals surface area (Å²) in [5, 5.41) is 9.07. The molecule has 8 heteroatoms. The fourth-order valence-electron chi connectivity index (χ4n) is 4.27. The molecule has 0 aliphatic heterocycles. The summed E-state index contributed by atoms with van der Waals surface area (Å²) in [4.78, 5) is 15.2. The van der Waals surface area contributed by atoms with Crippen molar-refractivity contribution in [1.82, 2.24) is 4.98 Å². The minimum Gasteiger partial charge on any atom is -0.481 e. The predicted octanol–water partition coefficient (Wildman–Crippen LogP) is 6.77. The Morgan fingerprint density at radius 2 is 1.76 bits per heavy atom. The average molecular weight is 479 g/mol. The Balaban J connectivity index is 1.65. The number of carbonyl (C=O) groups is 1. The molecule has 1 aromatic heterocycles. The Bertz CT molecular complexity index is 1080. The minimum absolute atomic E-state index is 0.0320. The summed E-state index contributed by atoms with van der Waals surface area (Å²) < 4.78 is 68.4. The summed E-state index contributed by atoms with van der Waals surface area (Å²) in [5.74, 6) is 1.21. The maximum atomic E-state index is 14.9. The fraction of sp³-hybridized carbons (Fsp3) is 0.462. The topological polar surface area (TPSA) is 50.2 Å². The number of hydrogen-bond donors (Lipinski definition) is 1. The number of rotatable bonds is 6. The van der Waals surface area contributed by atoms with Crippen molar-refractivity contribution in [2.24, 2.45) is 11.8 Å². The zero-order chi connectivity index (χ0) is 24.9. The van der Waals surface area contributed by atoms with Gasteiger partial charge in [-0.05, 0) is 74.6 Å². The van der Waals surface area contributed by atoms with E-state index >= 15 is 0 Å². The first kappa shape index (κ1) is 25.7. The molecule has 0 unspecified atom stereocenters. The number of nitrogens with zero attached hydrogens (tertiary/aromatic N) is 1. The van der Waals surface area contributed by atoms with Crippen LogP contribution in [0.3, 0.4) is 0 Å². The highest BCUT2D eigenvalue weighted by molar-refractivity contribution is 5.69. The van der Waals surface area contributed by atoms with Crippen LogP contribution in [0.5, 0.6) is 0 Å². The first-order chi connectivity index (χ1) is 15.9. The Labute approximate surface area is 195 Å². The number of benzene rings is 1. The zero-order valence-corrected chi connectivity index (χ0v) is 18.8. The lowest BCUT2D eigenvalue weighted by molar-refractivity contribution is -0.143. The third-order valence-electron chi connectivity index (χ3n) is 6.20. The molecule has 3 rings (SSSR count). The number of aryl methyl sites for hydroxylation is 1. The maximum absolute atomic E-state index is 14.9. The second-order valence-electron chi connectivity index (χ2n) is 8.86. The van der Waals surface area contributed by atoms with E-state index in [0.717, 1.165) is 12.1 Å². The third kappa shape index (κ3) is 7.02. The number of carboxylic acid groups (broad SMARTS) is 1. The third-order valence-corrected chi connectivity index (χ3v) is 6.20. The van der Waals surface area contributed by atoms with Gasteiger partial charge < -0.3 is 5.11 Å². The number of carboxylic acids is 1. The van der Waals surface area contributed by atoms with Crippen LogP contribution >= 0.6 is 0 Å². The van der Waals surface area contributed by atoms with E-state index in [0.29, 0.717) is 43.4 Å². The van der Waals surface area contributed by atoms with Gasteiger partial charge in [-0.2, -0.15) is 13.2 Å². The summed E-state index contributed by atoms with van der Waals surface area (Å²) in [6, 6.07) is 7.37. The van der Waals surface area contributed by atoms with E-state index in [1.807, 2.05) is 0 Å². The molecule has 0 atom stereocenters. The zero-order valence-electron chi connectivity index (χ0n) is 18.8. The summed E-state index contributed by atoms with van der Waals surface area (Å²) in [6.45, 7) is 1.59. The molecule has 3 nitrogen and oxygen atoms in total. The lowest BCUT2D eigenvalue weighted by atomic mass is 9.79. The molecule has 0 radical (unpaired) electrons. The molecular weight excluding hydrogens is 453 g/mol. The largest absolute Gasteiger partial charge is 0.481 e. The molecule has 1 heterocycles. The standard InChI is InChI=1S/C26H26F5NO2/c1-17-14-22(25(27,28)13-12-18-8-10-20(11-9-18)24(33)34)16-23(32-17)7-3-5-19-4-2-6-21(15-19)26(29,30)31/h2,4,6,14-16,18,20H,5,8-13H2,1H3,(H,33,34). The van der Waals surface area contributed by atoms with Crippen LogP contribution in [-0.4, -0.2) is 16.1 Å². The first-order valence-electron chi connectivity index (χ1n) is 11.2. The smallest absolute Gasteiger partial charge is 0.416 e.